The van der Waals surface area contributed by atoms with Gasteiger partial charge in [-0.2, -0.15) is 0 Å². The van der Waals surface area contributed by atoms with E-state index in [9.17, 15) is 14.0 Å². The van der Waals surface area contributed by atoms with Gasteiger partial charge in [-0.05, 0) is 35.4 Å². The number of hydrogen-bond acceptors (Lipinski definition) is 3. The Balaban J connectivity index is 1.86. The van der Waals surface area contributed by atoms with Crippen molar-refractivity contribution < 1.29 is 18.7 Å². The SMILES string of the molecule is COc1ccc([C@H](NC(=O)[C@H]2CNC(=O)N2)c2ccc(F)cc2)cc1. The van der Waals surface area contributed by atoms with E-state index in [1.165, 1.54) is 12.1 Å². The highest BCUT2D eigenvalue weighted by Gasteiger charge is 2.29. The fourth-order valence-corrected chi connectivity index (χ4v) is 2.67. The molecule has 1 aliphatic rings. The highest BCUT2D eigenvalue weighted by molar-refractivity contribution is 5.90. The van der Waals surface area contributed by atoms with E-state index in [-0.39, 0.29) is 24.3 Å². The lowest BCUT2D eigenvalue weighted by Gasteiger charge is -2.22. The highest BCUT2D eigenvalue weighted by Crippen LogP contribution is 2.24. The summed E-state index contributed by atoms with van der Waals surface area (Å²) in [6.45, 7) is 0.226. The van der Waals surface area contributed by atoms with Gasteiger partial charge in [-0.15, -0.1) is 0 Å². The van der Waals surface area contributed by atoms with Crippen molar-refractivity contribution in [3.05, 3.63) is 65.5 Å². The molecule has 6 nitrogen and oxygen atoms in total. The van der Waals surface area contributed by atoms with Crippen molar-refractivity contribution in [2.45, 2.75) is 12.1 Å². The zero-order valence-corrected chi connectivity index (χ0v) is 13.6. The number of benzene rings is 2. The quantitative estimate of drug-likeness (QED) is 0.773. The normalized spacial score (nSPS) is 17.4. The van der Waals surface area contributed by atoms with E-state index in [2.05, 4.69) is 16.0 Å². The molecular formula is C18H18FN3O3. The molecular weight excluding hydrogens is 325 g/mol. The molecule has 7 heteroatoms. The predicted molar refractivity (Wildman–Crippen MR) is 89.7 cm³/mol. The van der Waals surface area contributed by atoms with E-state index in [4.69, 9.17) is 4.74 Å². The van der Waals surface area contributed by atoms with Crippen LogP contribution in [0.2, 0.25) is 0 Å². The summed E-state index contributed by atoms with van der Waals surface area (Å²) in [7, 11) is 1.57. The van der Waals surface area contributed by atoms with E-state index in [1.54, 1.807) is 31.4 Å². The van der Waals surface area contributed by atoms with Crippen molar-refractivity contribution >= 4 is 11.9 Å². The molecule has 2 atom stereocenters. The monoisotopic (exact) mass is 343 g/mol. The second-order valence-corrected chi connectivity index (χ2v) is 5.67. The smallest absolute Gasteiger partial charge is 0.315 e. The maximum atomic E-state index is 13.2. The summed E-state index contributed by atoms with van der Waals surface area (Å²) >= 11 is 0. The number of halogens is 1. The van der Waals surface area contributed by atoms with E-state index in [0.717, 1.165) is 11.1 Å². The van der Waals surface area contributed by atoms with Crippen LogP contribution < -0.4 is 20.7 Å². The number of amides is 3. The van der Waals surface area contributed by atoms with Gasteiger partial charge in [0, 0.05) is 6.54 Å². The molecule has 25 heavy (non-hydrogen) atoms. The Morgan fingerprint density at radius 1 is 1.16 bits per heavy atom. The molecule has 0 bridgehead atoms. The lowest BCUT2D eigenvalue weighted by molar-refractivity contribution is -0.122. The molecule has 0 radical (unpaired) electrons. The van der Waals surface area contributed by atoms with Crippen LogP contribution in [-0.4, -0.2) is 31.6 Å². The summed E-state index contributed by atoms with van der Waals surface area (Å²) in [5.74, 6) is 0.0273. The van der Waals surface area contributed by atoms with Crippen LogP contribution in [0.25, 0.3) is 0 Å². The van der Waals surface area contributed by atoms with Crippen LogP contribution in [0.1, 0.15) is 17.2 Å². The summed E-state index contributed by atoms with van der Waals surface area (Å²) < 4.78 is 18.4. The fourth-order valence-electron chi connectivity index (χ4n) is 2.67. The highest BCUT2D eigenvalue weighted by atomic mass is 19.1. The van der Waals surface area contributed by atoms with Gasteiger partial charge in [0.1, 0.15) is 17.6 Å². The van der Waals surface area contributed by atoms with Crippen LogP contribution >= 0.6 is 0 Å². The van der Waals surface area contributed by atoms with Crippen molar-refractivity contribution in [3.63, 3.8) is 0 Å². The second-order valence-electron chi connectivity index (χ2n) is 5.67. The minimum Gasteiger partial charge on any atom is -0.497 e. The molecule has 1 heterocycles. The predicted octanol–water partition coefficient (Wildman–Crippen LogP) is 1.72. The van der Waals surface area contributed by atoms with E-state index in [0.29, 0.717) is 5.75 Å². The summed E-state index contributed by atoms with van der Waals surface area (Å²) in [6.07, 6.45) is 0. The molecule has 130 valence electrons. The molecule has 1 saturated heterocycles. The number of methoxy groups -OCH3 is 1. The Kier molecular flexibility index (Phi) is 4.83. The topological polar surface area (TPSA) is 79.5 Å². The molecule has 0 unspecified atom stereocenters. The van der Waals surface area contributed by atoms with Crippen LogP contribution in [-0.2, 0) is 4.79 Å². The Hall–Kier alpha value is -3.09. The second kappa shape index (κ2) is 7.21. The number of ether oxygens (including phenoxy) is 1. The van der Waals surface area contributed by atoms with Gasteiger partial charge in [-0.1, -0.05) is 24.3 Å². The number of urea groups is 1. The van der Waals surface area contributed by atoms with E-state index in [1.807, 2.05) is 12.1 Å². The van der Waals surface area contributed by atoms with Crippen molar-refractivity contribution in [3.8, 4) is 5.75 Å². The lowest BCUT2D eigenvalue weighted by atomic mass is 9.98. The van der Waals surface area contributed by atoms with Crippen LogP contribution in [0.4, 0.5) is 9.18 Å². The van der Waals surface area contributed by atoms with Gasteiger partial charge in [0.25, 0.3) is 0 Å². The molecule has 3 amide bonds. The Morgan fingerprint density at radius 3 is 2.28 bits per heavy atom. The summed E-state index contributed by atoms with van der Waals surface area (Å²) in [4.78, 5) is 23.7. The maximum Gasteiger partial charge on any atom is 0.315 e. The van der Waals surface area contributed by atoms with Gasteiger partial charge in [0.15, 0.2) is 0 Å². The van der Waals surface area contributed by atoms with Gasteiger partial charge < -0.3 is 20.7 Å². The zero-order chi connectivity index (χ0) is 17.8. The first kappa shape index (κ1) is 16.8. The number of carbonyl (C=O) groups excluding carboxylic acids is 2. The largest absolute Gasteiger partial charge is 0.497 e. The van der Waals surface area contributed by atoms with E-state index < -0.39 is 12.1 Å². The fraction of sp³-hybridized carbons (Fsp3) is 0.222. The third kappa shape index (κ3) is 3.88. The third-order valence-electron chi connectivity index (χ3n) is 4.03. The molecule has 2 aromatic rings. The molecule has 0 aliphatic carbocycles. The van der Waals surface area contributed by atoms with Gasteiger partial charge in [-0.25, -0.2) is 9.18 Å². The number of hydrogen-bond donors (Lipinski definition) is 3. The van der Waals surface area contributed by atoms with Crippen molar-refractivity contribution in [1.29, 1.82) is 0 Å². The molecule has 1 aliphatic heterocycles. The molecule has 3 rings (SSSR count). The molecule has 0 saturated carbocycles. The van der Waals surface area contributed by atoms with Crippen LogP contribution in [0.5, 0.6) is 5.75 Å². The van der Waals surface area contributed by atoms with Gasteiger partial charge >= 0.3 is 6.03 Å². The summed E-state index contributed by atoms with van der Waals surface area (Å²) in [5, 5.41) is 8.01. The molecule has 3 N–H and O–H groups in total. The summed E-state index contributed by atoms with van der Waals surface area (Å²) in [5.41, 5.74) is 1.55. The Morgan fingerprint density at radius 2 is 1.76 bits per heavy atom. The van der Waals surface area contributed by atoms with Gasteiger partial charge in [-0.3, -0.25) is 4.79 Å². The minimum absolute atomic E-state index is 0.226. The molecule has 0 spiro atoms. The average molecular weight is 343 g/mol. The van der Waals surface area contributed by atoms with Gasteiger partial charge in [0.2, 0.25) is 5.91 Å². The van der Waals surface area contributed by atoms with Crippen molar-refractivity contribution in [1.82, 2.24) is 16.0 Å². The maximum absolute atomic E-state index is 13.2. The average Bonchev–Trinajstić information content (AvgIpc) is 3.07. The first-order valence-corrected chi connectivity index (χ1v) is 7.81. The van der Waals surface area contributed by atoms with Gasteiger partial charge in [0.05, 0.1) is 13.2 Å². The van der Waals surface area contributed by atoms with Crippen LogP contribution in [0.15, 0.2) is 48.5 Å². The first-order valence-electron chi connectivity index (χ1n) is 7.81. The van der Waals surface area contributed by atoms with E-state index >= 15 is 0 Å². The van der Waals surface area contributed by atoms with Crippen molar-refractivity contribution in [2.24, 2.45) is 0 Å². The molecule has 0 aromatic heterocycles. The lowest BCUT2D eigenvalue weighted by Crippen LogP contribution is -2.44. The Labute approximate surface area is 144 Å². The standard InChI is InChI=1S/C18H18FN3O3/c1-25-14-8-4-12(5-9-14)16(11-2-6-13(19)7-3-11)22-17(23)15-10-20-18(24)21-15/h2-9,15-16H,10H2,1H3,(H,22,23)(H2,20,21,24)/t15-,16-/m1/s1. The summed E-state index contributed by atoms with van der Waals surface area (Å²) in [6, 6.07) is 11.7. The molecule has 1 fully saturated rings. The van der Waals surface area contributed by atoms with Crippen LogP contribution in [0.3, 0.4) is 0 Å². The molecule has 2 aromatic carbocycles. The number of rotatable bonds is 5. The van der Waals surface area contributed by atoms with Crippen LogP contribution in [0, 0.1) is 5.82 Å². The van der Waals surface area contributed by atoms with Crippen molar-refractivity contribution in [2.75, 3.05) is 13.7 Å². The first-order chi connectivity index (χ1) is 12.1. The minimum atomic E-state index is -0.645. The Bertz CT molecular complexity index is 762. The third-order valence-corrected chi connectivity index (χ3v) is 4.03. The zero-order valence-electron chi connectivity index (χ0n) is 13.6. The number of carbonyl (C=O) groups is 2. The number of nitrogens with one attached hydrogen (secondary N) is 3.